The number of hydrogen-bond donors (Lipinski definition) is 0. The molecule has 1 aliphatic carbocycles. The molecule has 8 nitrogen and oxygen atoms in total. The molecule has 1 aromatic carbocycles. The van der Waals surface area contributed by atoms with Crippen LogP contribution in [0.15, 0.2) is 65.7 Å². The Morgan fingerprint density at radius 2 is 1.97 bits per heavy atom. The fourth-order valence-electron chi connectivity index (χ4n) is 5.42. The lowest BCUT2D eigenvalue weighted by atomic mass is 9.96. The van der Waals surface area contributed by atoms with Crippen LogP contribution in [0.4, 0.5) is 0 Å². The van der Waals surface area contributed by atoms with Gasteiger partial charge in [0.15, 0.2) is 11.3 Å². The molecule has 1 fully saturated rings. The van der Waals surface area contributed by atoms with Gasteiger partial charge >= 0.3 is 0 Å². The molecule has 0 unspecified atom stereocenters. The van der Waals surface area contributed by atoms with Gasteiger partial charge in [0.2, 0.25) is 0 Å². The molecule has 0 atom stereocenters. The van der Waals surface area contributed by atoms with Crippen molar-refractivity contribution in [2.75, 3.05) is 6.54 Å². The van der Waals surface area contributed by atoms with E-state index in [0.717, 1.165) is 52.8 Å². The normalized spacial score (nSPS) is 15.3. The second-order valence-corrected chi connectivity index (χ2v) is 10.1. The summed E-state index contributed by atoms with van der Waals surface area (Å²) < 4.78 is 3.60. The fraction of sp³-hybridized carbons (Fsp3) is 0.276. The quantitative estimate of drug-likeness (QED) is 0.380. The molecule has 0 bridgehead atoms. The van der Waals surface area contributed by atoms with E-state index in [1.165, 1.54) is 0 Å². The number of pyridine rings is 2. The molecule has 7 rings (SSSR count). The van der Waals surface area contributed by atoms with E-state index in [4.69, 9.17) is 0 Å². The van der Waals surface area contributed by atoms with E-state index < -0.39 is 0 Å². The maximum Gasteiger partial charge on any atom is 0.274 e. The summed E-state index contributed by atoms with van der Waals surface area (Å²) in [5, 5.41) is 5.39. The van der Waals surface area contributed by atoms with Crippen LogP contribution in [-0.2, 0) is 19.5 Å². The molecule has 8 heteroatoms. The molecule has 0 radical (unpaired) electrons. The lowest BCUT2D eigenvalue weighted by molar-refractivity contribution is 0.0725. The molecule has 184 valence electrons. The Morgan fingerprint density at radius 1 is 1.08 bits per heavy atom. The van der Waals surface area contributed by atoms with Crippen LogP contribution in [0.25, 0.3) is 27.7 Å². The van der Waals surface area contributed by atoms with E-state index in [9.17, 15) is 9.59 Å². The van der Waals surface area contributed by atoms with Crippen molar-refractivity contribution in [2.24, 2.45) is 5.92 Å². The zero-order valence-electron chi connectivity index (χ0n) is 20.6. The van der Waals surface area contributed by atoms with Crippen LogP contribution in [0.1, 0.15) is 40.3 Å². The number of amides is 1. The lowest BCUT2D eigenvalue weighted by Crippen LogP contribution is -2.40. The molecule has 2 aliphatic rings. The summed E-state index contributed by atoms with van der Waals surface area (Å²) in [6.45, 7) is 3.70. The van der Waals surface area contributed by atoms with E-state index in [2.05, 4.69) is 15.1 Å². The predicted molar refractivity (Wildman–Crippen MR) is 140 cm³/mol. The lowest BCUT2D eigenvalue weighted by Gasteiger charge is -2.31. The topological polar surface area (TPSA) is 85.4 Å². The zero-order chi connectivity index (χ0) is 25.1. The number of hydrogen-bond acceptors (Lipinski definition) is 5. The third-order valence-electron chi connectivity index (χ3n) is 7.51. The summed E-state index contributed by atoms with van der Waals surface area (Å²) in [7, 11) is 0. The van der Waals surface area contributed by atoms with Gasteiger partial charge < -0.3 is 9.47 Å². The minimum Gasteiger partial charge on any atom is -0.332 e. The monoisotopic (exact) mass is 490 g/mol. The number of aromatic nitrogens is 5. The summed E-state index contributed by atoms with van der Waals surface area (Å²) in [6, 6.07) is 15.5. The average molecular weight is 491 g/mol. The summed E-state index contributed by atoms with van der Waals surface area (Å²) in [5.74, 6) is 0.432. The minimum absolute atomic E-state index is 0.0462. The maximum absolute atomic E-state index is 13.9. The molecule has 37 heavy (non-hydrogen) atoms. The van der Waals surface area contributed by atoms with E-state index >= 15 is 0 Å². The van der Waals surface area contributed by atoms with Crippen LogP contribution in [0.2, 0.25) is 0 Å². The summed E-state index contributed by atoms with van der Waals surface area (Å²) in [4.78, 5) is 38.1. The Bertz CT molecular complexity index is 1730. The Kier molecular flexibility index (Phi) is 4.96. The minimum atomic E-state index is -0.123. The van der Waals surface area contributed by atoms with Gasteiger partial charge in [-0.3, -0.25) is 14.6 Å². The van der Waals surface area contributed by atoms with Gasteiger partial charge in [0.1, 0.15) is 0 Å². The van der Waals surface area contributed by atoms with E-state index in [-0.39, 0.29) is 11.5 Å². The molecule has 0 saturated heterocycles. The molecular weight excluding hydrogens is 464 g/mol. The second kappa shape index (κ2) is 8.37. The molecular formula is C29H26N6O2. The SMILES string of the molecule is Cc1ccc2c(-c3cc4c(n(CC5CC5)c3=O)CCN(C(=O)c3cc5ncccn5n3)C4)cccc2n1. The maximum atomic E-state index is 13.9. The highest BCUT2D eigenvalue weighted by atomic mass is 16.2. The van der Waals surface area contributed by atoms with Gasteiger partial charge in [0.25, 0.3) is 11.5 Å². The third-order valence-corrected chi connectivity index (χ3v) is 7.51. The standard InChI is InChI=1S/C29H26N6O2/c1-18-6-9-22-21(4-2-5-24(22)31-18)23-14-20-17-33(13-10-26(20)34(28(23)36)16-19-7-8-19)29(37)25-15-27-30-11-3-12-35(27)32-25/h2-6,9,11-12,14-15,19H,7-8,10,13,16-17H2,1H3. The first-order chi connectivity index (χ1) is 18.0. The van der Waals surface area contributed by atoms with Crippen molar-refractivity contribution in [3.8, 4) is 11.1 Å². The molecule has 0 N–H and O–H groups in total. The molecule has 0 spiro atoms. The second-order valence-electron chi connectivity index (χ2n) is 10.1. The number of nitrogens with zero attached hydrogens (tertiary/aromatic N) is 6. The number of aryl methyl sites for hydroxylation is 1. The van der Waals surface area contributed by atoms with Gasteiger partial charge in [-0.1, -0.05) is 18.2 Å². The fourth-order valence-corrected chi connectivity index (χ4v) is 5.42. The molecule has 5 heterocycles. The van der Waals surface area contributed by atoms with Crippen molar-refractivity contribution in [2.45, 2.75) is 39.3 Å². The van der Waals surface area contributed by atoms with Gasteiger partial charge in [-0.05, 0) is 61.1 Å². The smallest absolute Gasteiger partial charge is 0.274 e. The Morgan fingerprint density at radius 3 is 2.81 bits per heavy atom. The molecule has 1 amide bonds. The third kappa shape index (κ3) is 3.80. The van der Waals surface area contributed by atoms with Crippen molar-refractivity contribution < 1.29 is 4.79 Å². The van der Waals surface area contributed by atoms with E-state index in [1.54, 1.807) is 29.0 Å². The first-order valence-corrected chi connectivity index (χ1v) is 12.8. The number of benzene rings is 1. The first-order valence-electron chi connectivity index (χ1n) is 12.8. The predicted octanol–water partition coefficient (Wildman–Crippen LogP) is 4.02. The van der Waals surface area contributed by atoms with E-state index in [0.29, 0.717) is 42.3 Å². The molecule has 5 aromatic rings. The first kappa shape index (κ1) is 21.9. The van der Waals surface area contributed by atoms with E-state index in [1.807, 2.05) is 52.8 Å². The van der Waals surface area contributed by atoms with Crippen molar-refractivity contribution in [1.29, 1.82) is 0 Å². The van der Waals surface area contributed by atoms with Gasteiger partial charge in [-0.15, -0.1) is 0 Å². The highest BCUT2D eigenvalue weighted by Crippen LogP contribution is 2.33. The van der Waals surface area contributed by atoms with Crippen molar-refractivity contribution in [3.63, 3.8) is 0 Å². The molecule has 4 aromatic heterocycles. The number of carbonyl (C=O) groups is 1. The molecule has 1 saturated carbocycles. The van der Waals surface area contributed by atoms with Crippen LogP contribution in [-0.4, -0.2) is 41.5 Å². The Balaban J connectivity index is 1.32. The van der Waals surface area contributed by atoms with Gasteiger partial charge in [0.05, 0.1) is 5.52 Å². The highest BCUT2D eigenvalue weighted by Gasteiger charge is 2.30. The summed E-state index contributed by atoms with van der Waals surface area (Å²) in [6.07, 6.45) is 6.44. The van der Waals surface area contributed by atoms with Crippen LogP contribution < -0.4 is 5.56 Å². The summed E-state index contributed by atoms with van der Waals surface area (Å²) >= 11 is 0. The summed E-state index contributed by atoms with van der Waals surface area (Å²) in [5.41, 5.74) is 6.51. The van der Waals surface area contributed by atoms with Gasteiger partial charge in [0, 0.05) is 66.9 Å². The Labute approximate surface area is 213 Å². The van der Waals surface area contributed by atoms with Crippen LogP contribution in [0.3, 0.4) is 0 Å². The highest BCUT2D eigenvalue weighted by molar-refractivity contribution is 5.95. The van der Waals surface area contributed by atoms with Crippen molar-refractivity contribution in [3.05, 3.63) is 93.9 Å². The average Bonchev–Trinajstić information content (AvgIpc) is 3.63. The number of carbonyl (C=O) groups excluding carboxylic acids is 1. The Hall–Kier alpha value is -4.33. The molecule has 1 aliphatic heterocycles. The number of rotatable bonds is 4. The van der Waals surface area contributed by atoms with Gasteiger partial charge in [-0.25, -0.2) is 9.50 Å². The van der Waals surface area contributed by atoms with Gasteiger partial charge in [-0.2, -0.15) is 5.10 Å². The number of fused-ring (bicyclic) bond motifs is 3. The van der Waals surface area contributed by atoms with Crippen molar-refractivity contribution >= 4 is 22.5 Å². The zero-order valence-corrected chi connectivity index (χ0v) is 20.6. The van der Waals surface area contributed by atoms with Crippen LogP contribution in [0.5, 0.6) is 0 Å². The van der Waals surface area contributed by atoms with Crippen molar-refractivity contribution in [1.82, 2.24) is 29.0 Å². The largest absolute Gasteiger partial charge is 0.332 e. The van der Waals surface area contributed by atoms with Crippen LogP contribution in [0, 0.1) is 12.8 Å². The van der Waals surface area contributed by atoms with Crippen LogP contribution >= 0.6 is 0 Å².